The predicted octanol–water partition coefficient (Wildman–Crippen LogP) is -3.20. The minimum Gasteiger partial charge on any atom is -1.00 e. The van der Waals surface area contributed by atoms with Gasteiger partial charge in [0, 0.05) is 0 Å². The van der Waals surface area contributed by atoms with Gasteiger partial charge in [-0.2, -0.15) is 0 Å². The van der Waals surface area contributed by atoms with Crippen molar-refractivity contribution in [2.24, 2.45) is 5.41 Å². The first kappa shape index (κ1) is 15.4. The number of rotatable bonds is 0. The van der Waals surface area contributed by atoms with Gasteiger partial charge in [-0.05, 0) is 0 Å². The van der Waals surface area contributed by atoms with Crippen molar-refractivity contribution < 1.29 is 49.5 Å². The van der Waals surface area contributed by atoms with Gasteiger partial charge in [0.2, 0.25) is 0 Å². The second-order valence-corrected chi connectivity index (χ2v) is 5.23. The SMILES string of the molecule is CC(C)(C)C1=[C]([Zr+2])CC=C1.[Cl-].[Cl-]. The molecule has 0 spiro atoms. The Morgan fingerprint density at radius 2 is 1.75 bits per heavy atom. The molecule has 0 aromatic carbocycles. The Labute approximate surface area is 103 Å². The molecule has 0 bridgehead atoms. The molecule has 1 aliphatic rings. The Balaban J connectivity index is 0. The van der Waals surface area contributed by atoms with E-state index in [9.17, 15) is 0 Å². The van der Waals surface area contributed by atoms with Crippen LogP contribution in [0.25, 0.3) is 0 Å². The molecule has 0 radical (unpaired) electrons. The largest absolute Gasteiger partial charge is 1.00 e. The van der Waals surface area contributed by atoms with E-state index in [1.54, 1.807) is 33.6 Å². The number of hydrogen-bond acceptors (Lipinski definition) is 0. The molecule has 0 aromatic heterocycles. The normalized spacial score (nSPS) is 15.8. The van der Waals surface area contributed by atoms with E-state index in [0.29, 0.717) is 5.41 Å². The summed E-state index contributed by atoms with van der Waals surface area (Å²) in [6.45, 7) is 6.84. The van der Waals surface area contributed by atoms with E-state index in [1.807, 2.05) is 0 Å². The van der Waals surface area contributed by atoms with Gasteiger partial charge >= 0.3 is 78.3 Å². The fraction of sp³-hybridized carbons (Fsp3) is 0.556. The van der Waals surface area contributed by atoms with Crippen LogP contribution in [0.5, 0.6) is 0 Å². The van der Waals surface area contributed by atoms with Crippen LogP contribution in [0.1, 0.15) is 27.2 Å². The molecule has 1 rings (SSSR count). The van der Waals surface area contributed by atoms with Gasteiger partial charge in [-0.3, -0.25) is 0 Å². The fourth-order valence-electron chi connectivity index (χ4n) is 1.21. The third-order valence-corrected chi connectivity index (χ3v) is 2.90. The van der Waals surface area contributed by atoms with Crippen LogP contribution in [0, 0.1) is 5.41 Å². The van der Waals surface area contributed by atoms with Crippen molar-refractivity contribution in [2.45, 2.75) is 27.2 Å². The maximum Gasteiger partial charge on any atom is -1.00 e. The Hall–Kier alpha value is 0.943. The molecule has 12 heavy (non-hydrogen) atoms. The molecule has 0 heterocycles. The first-order valence-corrected chi connectivity index (χ1v) is 4.86. The van der Waals surface area contributed by atoms with E-state index >= 15 is 0 Å². The van der Waals surface area contributed by atoms with Gasteiger partial charge in [-0.15, -0.1) is 0 Å². The van der Waals surface area contributed by atoms with Gasteiger partial charge in [0.1, 0.15) is 0 Å². The molecule has 0 aliphatic heterocycles. The van der Waals surface area contributed by atoms with Crippen LogP contribution < -0.4 is 24.8 Å². The summed E-state index contributed by atoms with van der Waals surface area (Å²) in [6.07, 6.45) is 5.75. The molecule has 0 saturated carbocycles. The maximum atomic E-state index is 2.28. The summed E-state index contributed by atoms with van der Waals surface area (Å²) in [5, 5.41) is 0. The van der Waals surface area contributed by atoms with Crippen LogP contribution in [-0.2, 0) is 24.7 Å². The minimum atomic E-state index is 0. The zero-order valence-electron chi connectivity index (χ0n) is 7.62. The van der Waals surface area contributed by atoms with E-state index in [1.165, 1.54) is 6.42 Å². The molecule has 0 nitrogen and oxygen atoms in total. The maximum absolute atomic E-state index is 2.28. The van der Waals surface area contributed by atoms with Crippen molar-refractivity contribution in [1.29, 1.82) is 0 Å². The quantitative estimate of drug-likeness (QED) is 0.439. The topological polar surface area (TPSA) is 0 Å². The smallest absolute Gasteiger partial charge is 1.00 e. The molecule has 0 fully saturated rings. The average Bonchev–Trinajstić information content (AvgIpc) is 2.11. The van der Waals surface area contributed by atoms with Crippen LogP contribution in [0.2, 0.25) is 0 Å². The van der Waals surface area contributed by atoms with E-state index in [0.717, 1.165) is 0 Å². The van der Waals surface area contributed by atoms with Gasteiger partial charge in [0.15, 0.2) is 0 Å². The summed E-state index contributed by atoms with van der Waals surface area (Å²) < 4.78 is 1.62. The van der Waals surface area contributed by atoms with Crippen LogP contribution >= 0.6 is 0 Å². The molecule has 0 aromatic rings. The van der Waals surface area contributed by atoms with Crippen LogP contribution in [0.4, 0.5) is 0 Å². The van der Waals surface area contributed by atoms with Crippen molar-refractivity contribution in [3.8, 4) is 0 Å². The minimum absolute atomic E-state index is 0. The summed E-state index contributed by atoms with van der Waals surface area (Å²) in [6, 6.07) is 0. The molecule has 3 heteroatoms. The van der Waals surface area contributed by atoms with Gasteiger partial charge in [0.25, 0.3) is 0 Å². The summed E-state index contributed by atoms with van der Waals surface area (Å²) >= 11 is 1.58. The van der Waals surface area contributed by atoms with Gasteiger partial charge < -0.3 is 24.8 Å². The van der Waals surface area contributed by atoms with Crippen LogP contribution in [0.15, 0.2) is 21.0 Å². The zero-order valence-corrected chi connectivity index (χ0v) is 11.6. The molecule has 1 aliphatic carbocycles. The predicted molar refractivity (Wildman–Crippen MR) is 40.2 cm³/mol. The van der Waals surface area contributed by atoms with Crippen molar-refractivity contribution in [1.82, 2.24) is 0 Å². The third kappa shape index (κ3) is 3.77. The van der Waals surface area contributed by atoms with Gasteiger partial charge in [-0.1, -0.05) is 0 Å². The fourth-order valence-corrected chi connectivity index (χ4v) is 2.62. The summed E-state index contributed by atoms with van der Waals surface area (Å²) in [5.41, 5.74) is 1.93. The van der Waals surface area contributed by atoms with E-state index in [2.05, 4.69) is 32.9 Å². The van der Waals surface area contributed by atoms with Gasteiger partial charge in [-0.25, -0.2) is 0 Å². The molecule has 0 amide bonds. The molecule has 67 valence electrons. The van der Waals surface area contributed by atoms with E-state index in [-0.39, 0.29) is 24.8 Å². The Morgan fingerprint density at radius 1 is 1.25 bits per heavy atom. The Morgan fingerprint density at radius 3 is 1.92 bits per heavy atom. The monoisotopic (exact) mass is 281 g/mol. The van der Waals surface area contributed by atoms with Crippen molar-refractivity contribution in [2.75, 3.05) is 0 Å². The first-order chi connectivity index (χ1) is 4.52. The average molecular weight is 283 g/mol. The van der Waals surface area contributed by atoms with Crippen LogP contribution in [-0.4, -0.2) is 0 Å². The zero-order chi connectivity index (χ0) is 7.78. The number of allylic oxidation sites excluding steroid dienone is 4. The summed E-state index contributed by atoms with van der Waals surface area (Å²) in [7, 11) is 0. The molecule has 0 saturated heterocycles. The third-order valence-electron chi connectivity index (χ3n) is 1.74. The van der Waals surface area contributed by atoms with Crippen molar-refractivity contribution >= 4 is 0 Å². The Bertz CT molecular complexity index is 199. The molecular formula is C9H13Cl2Zr. The van der Waals surface area contributed by atoms with E-state index in [4.69, 9.17) is 0 Å². The summed E-state index contributed by atoms with van der Waals surface area (Å²) in [5.74, 6) is 0. The van der Waals surface area contributed by atoms with E-state index < -0.39 is 0 Å². The van der Waals surface area contributed by atoms with Crippen molar-refractivity contribution in [3.63, 3.8) is 0 Å². The second-order valence-electron chi connectivity index (χ2n) is 3.75. The summed E-state index contributed by atoms with van der Waals surface area (Å²) in [4.78, 5) is 0. The molecular weight excluding hydrogens is 270 g/mol. The first-order valence-electron chi connectivity index (χ1n) is 3.63. The van der Waals surface area contributed by atoms with Gasteiger partial charge in [0.05, 0.1) is 0 Å². The molecule has 0 unspecified atom stereocenters. The Kier molecular flexibility index (Phi) is 7.23. The van der Waals surface area contributed by atoms with Crippen molar-refractivity contribution in [3.05, 3.63) is 21.0 Å². The standard InChI is InChI=1S/C9H13.2ClH.Zr/c1-9(2,3)8-6-4-5-7-8;;;/h4,6H,5H2,1-3H3;2*1H;/q;;;+2/p-2. The van der Waals surface area contributed by atoms with Crippen LogP contribution in [0.3, 0.4) is 0 Å². The molecule has 0 N–H and O–H groups in total. The number of hydrogen-bond donors (Lipinski definition) is 0. The number of halogens is 2. The molecule has 0 atom stereocenters. The second kappa shape index (κ2) is 5.63.